The van der Waals surface area contributed by atoms with Crippen molar-refractivity contribution in [1.29, 1.82) is 0 Å². The number of hydrogen-bond acceptors (Lipinski definition) is 5. The summed E-state index contributed by atoms with van der Waals surface area (Å²) in [5.41, 5.74) is -0.444. The third kappa shape index (κ3) is 2.71. The molecule has 8 heteroatoms. The Morgan fingerprint density at radius 2 is 1.88 bits per heavy atom. The number of nitrogens with one attached hydrogen (secondary N) is 1. The molecular formula is C18H18F2N4O2. The van der Waals surface area contributed by atoms with Crippen LogP contribution >= 0.6 is 0 Å². The van der Waals surface area contributed by atoms with Crippen LogP contribution in [0.25, 0.3) is 16.8 Å². The highest BCUT2D eigenvalue weighted by atomic mass is 19.1. The molecule has 0 aliphatic carbocycles. The van der Waals surface area contributed by atoms with Gasteiger partial charge >= 0.3 is 0 Å². The van der Waals surface area contributed by atoms with Crippen molar-refractivity contribution in [1.82, 2.24) is 14.6 Å². The number of fused-ring (bicyclic) bond motifs is 1. The van der Waals surface area contributed by atoms with Crippen LogP contribution in [0.1, 0.15) is 18.4 Å². The van der Waals surface area contributed by atoms with Crippen LogP contribution in [-0.2, 0) is 10.3 Å². The van der Waals surface area contributed by atoms with Crippen molar-refractivity contribution in [2.45, 2.75) is 18.4 Å². The van der Waals surface area contributed by atoms with E-state index in [0.29, 0.717) is 37.5 Å². The molecule has 1 aliphatic heterocycles. The molecule has 1 fully saturated rings. The van der Waals surface area contributed by atoms with Crippen LogP contribution in [0.5, 0.6) is 0 Å². The largest absolute Gasteiger partial charge is 0.385 e. The van der Waals surface area contributed by atoms with Crippen molar-refractivity contribution in [2.75, 3.05) is 25.6 Å². The normalized spacial score (nSPS) is 16.8. The number of ether oxygens (including phenoxy) is 1. The van der Waals surface area contributed by atoms with E-state index in [-0.39, 0.29) is 16.8 Å². The van der Waals surface area contributed by atoms with Crippen LogP contribution in [-0.4, -0.2) is 40.0 Å². The maximum absolute atomic E-state index is 14.8. The summed E-state index contributed by atoms with van der Waals surface area (Å²) in [4.78, 5) is 4.13. The molecule has 0 amide bonds. The summed E-state index contributed by atoms with van der Waals surface area (Å²) in [6, 6.07) is 5.60. The number of benzene rings is 1. The lowest BCUT2D eigenvalue weighted by molar-refractivity contribution is -0.0682. The molecule has 26 heavy (non-hydrogen) atoms. The van der Waals surface area contributed by atoms with E-state index in [4.69, 9.17) is 4.74 Å². The Labute approximate surface area is 148 Å². The molecule has 1 aliphatic rings. The van der Waals surface area contributed by atoms with Crippen molar-refractivity contribution in [3.8, 4) is 11.3 Å². The number of aromatic nitrogens is 3. The number of imidazole rings is 1. The highest BCUT2D eigenvalue weighted by Crippen LogP contribution is 2.35. The molecule has 4 rings (SSSR count). The van der Waals surface area contributed by atoms with Gasteiger partial charge in [0.25, 0.3) is 0 Å². The molecule has 6 nitrogen and oxygen atoms in total. The van der Waals surface area contributed by atoms with Crippen molar-refractivity contribution in [2.24, 2.45) is 0 Å². The number of aliphatic hydroxyl groups is 1. The van der Waals surface area contributed by atoms with E-state index in [0.717, 1.165) is 0 Å². The van der Waals surface area contributed by atoms with E-state index in [1.54, 1.807) is 25.4 Å². The van der Waals surface area contributed by atoms with Gasteiger partial charge in [-0.05, 0) is 29.8 Å². The fourth-order valence-electron chi connectivity index (χ4n) is 3.27. The van der Waals surface area contributed by atoms with E-state index in [2.05, 4.69) is 15.4 Å². The first-order chi connectivity index (χ1) is 12.5. The molecule has 0 unspecified atom stereocenters. The van der Waals surface area contributed by atoms with Crippen LogP contribution in [0.15, 0.2) is 30.5 Å². The van der Waals surface area contributed by atoms with Gasteiger partial charge in [0.1, 0.15) is 11.6 Å². The maximum Gasteiger partial charge on any atom is 0.224 e. The average molecular weight is 360 g/mol. The summed E-state index contributed by atoms with van der Waals surface area (Å²) in [5.74, 6) is -1.06. The molecule has 3 heterocycles. The van der Waals surface area contributed by atoms with E-state index in [1.165, 1.54) is 16.6 Å². The van der Waals surface area contributed by atoms with Gasteiger partial charge in [-0.3, -0.25) is 0 Å². The Bertz CT molecular complexity index is 944. The molecule has 0 radical (unpaired) electrons. The molecule has 2 N–H and O–H groups in total. The Hall–Kier alpha value is -2.58. The predicted molar refractivity (Wildman–Crippen MR) is 91.8 cm³/mol. The molecule has 0 bridgehead atoms. The minimum atomic E-state index is -1.28. The second-order valence-electron chi connectivity index (χ2n) is 6.35. The van der Waals surface area contributed by atoms with Gasteiger partial charge in [0.05, 0.1) is 28.6 Å². The first kappa shape index (κ1) is 16.9. The van der Waals surface area contributed by atoms with Crippen LogP contribution in [0.4, 0.5) is 14.7 Å². The standard InChI is InChI=1S/C18H18F2N4O2/c1-21-17-22-10-12-2-3-15(23-24(12)17)16-13(19)8-11(9-14(16)20)18(25)4-6-26-7-5-18/h2-3,8-10,25H,4-7H2,1H3,(H,21,22). The van der Waals surface area contributed by atoms with E-state index in [1.807, 2.05) is 0 Å². The topological polar surface area (TPSA) is 71.7 Å². The highest BCUT2D eigenvalue weighted by Gasteiger charge is 2.33. The smallest absolute Gasteiger partial charge is 0.224 e. The fraction of sp³-hybridized carbons (Fsp3) is 0.333. The number of halogens is 2. The van der Waals surface area contributed by atoms with Gasteiger partial charge in [-0.1, -0.05) is 0 Å². The van der Waals surface area contributed by atoms with Gasteiger partial charge in [0, 0.05) is 33.1 Å². The number of nitrogens with zero attached hydrogens (tertiary/aromatic N) is 3. The maximum atomic E-state index is 14.8. The fourth-order valence-corrected chi connectivity index (χ4v) is 3.27. The summed E-state index contributed by atoms with van der Waals surface area (Å²) in [6.07, 6.45) is 2.21. The average Bonchev–Trinajstić information content (AvgIpc) is 3.04. The molecule has 3 aromatic rings. The minimum Gasteiger partial charge on any atom is -0.385 e. The Morgan fingerprint density at radius 1 is 1.19 bits per heavy atom. The monoisotopic (exact) mass is 360 g/mol. The first-order valence-electron chi connectivity index (χ1n) is 8.34. The lowest BCUT2D eigenvalue weighted by Crippen LogP contribution is -2.33. The second-order valence-corrected chi connectivity index (χ2v) is 6.35. The van der Waals surface area contributed by atoms with Gasteiger partial charge in [-0.15, -0.1) is 0 Å². The zero-order chi connectivity index (χ0) is 18.3. The third-order valence-electron chi connectivity index (χ3n) is 4.76. The van der Waals surface area contributed by atoms with Crippen molar-refractivity contribution in [3.05, 3.63) is 47.7 Å². The van der Waals surface area contributed by atoms with E-state index >= 15 is 0 Å². The second kappa shape index (κ2) is 6.30. The summed E-state index contributed by atoms with van der Waals surface area (Å²) >= 11 is 0. The van der Waals surface area contributed by atoms with Gasteiger partial charge in [-0.2, -0.15) is 9.61 Å². The van der Waals surface area contributed by atoms with Gasteiger partial charge in [0.2, 0.25) is 5.95 Å². The molecular weight excluding hydrogens is 342 g/mol. The number of rotatable bonds is 3. The molecule has 0 atom stereocenters. The SMILES string of the molecule is CNc1ncc2ccc(-c3c(F)cc(C4(O)CCOCC4)cc3F)nn12. The van der Waals surface area contributed by atoms with Crippen molar-refractivity contribution in [3.63, 3.8) is 0 Å². The zero-order valence-corrected chi connectivity index (χ0v) is 14.2. The van der Waals surface area contributed by atoms with Crippen LogP contribution < -0.4 is 5.32 Å². The first-order valence-corrected chi connectivity index (χ1v) is 8.34. The van der Waals surface area contributed by atoms with Crippen molar-refractivity contribution < 1.29 is 18.6 Å². The summed E-state index contributed by atoms with van der Waals surface area (Å²) in [5, 5.41) is 17.8. The summed E-state index contributed by atoms with van der Waals surface area (Å²) in [7, 11) is 1.69. The lowest BCUT2D eigenvalue weighted by atomic mass is 9.85. The zero-order valence-electron chi connectivity index (χ0n) is 14.2. The van der Waals surface area contributed by atoms with Crippen LogP contribution in [0, 0.1) is 11.6 Å². The van der Waals surface area contributed by atoms with Gasteiger partial charge in [-0.25, -0.2) is 13.8 Å². The lowest BCUT2D eigenvalue weighted by Gasteiger charge is -2.32. The quantitative estimate of drug-likeness (QED) is 0.751. The number of hydrogen-bond donors (Lipinski definition) is 2. The molecule has 1 saturated heterocycles. The Kier molecular flexibility index (Phi) is 4.08. The Balaban J connectivity index is 1.80. The molecule has 136 valence electrons. The highest BCUT2D eigenvalue weighted by molar-refractivity contribution is 5.64. The van der Waals surface area contributed by atoms with Gasteiger partial charge in [0.15, 0.2) is 0 Å². The van der Waals surface area contributed by atoms with Crippen molar-refractivity contribution >= 4 is 11.5 Å². The molecule has 0 spiro atoms. The summed E-state index contributed by atoms with van der Waals surface area (Å²) in [6.45, 7) is 0.709. The minimum absolute atomic E-state index is 0.146. The van der Waals surface area contributed by atoms with Gasteiger partial charge < -0.3 is 15.2 Å². The number of anilines is 1. The van der Waals surface area contributed by atoms with E-state index in [9.17, 15) is 13.9 Å². The van der Waals surface area contributed by atoms with Crippen LogP contribution in [0.2, 0.25) is 0 Å². The molecule has 0 saturated carbocycles. The summed E-state index contributed by atoms with van der Waals surface area (Å²) < 4.78 is 36.2. The van der Waals surface area contributed by atoms with Crippen LogP contribution in [0.3, 0.4) is 0 Å². The van der Waals surface area contributed by atoms with E-state index < -0.39 is 17.2 Å². The molecule has 1 aromatic carbocycles. The predicted octanol–water partition coefficient (Wildman–Crippen LogP) is 2.71. The Morgan fingerprint density at radius 3 is 2.54 bits per heavy atom. The third-order valence-corrected chi connectivity index (χ3v) is 4.76. The molecule has 2 aromatic heterocycles.